The molecule has 0 unspecified atom stereocenters. The number of hydrazine groups is 1. The number of benzene rings is 1. The van der Waals surface area contributed by atoms with E-state index in [1.54, 1.807) is 6.92 Å². The number of nitrogens with two attached hydrogens (primary N) is 2. The van der Waals surface area contributed by atoms with Crippen LogP contribution in [0.5, 0.6) is 0 Å². The lowest BCUT2D eigenvalue weighted by Gasteiger charge is -2.07. The fraction of sp³-hybridized carbons (Fsp3) is 0.0556. The summed E-state index contributed by atoms with van der Waals surface area (Å²) in [6.45, 7) is 1.78. The molecule has 0 aliphatic carbocycles. The maximum absolute atomic E-state index is 12.5. The summed E-state index contributed by atoms with van der Waals surface area (Å²) < 4.78 is 28.5. The second-order valence-electron chi connectivity index (χ2n) is 6.81. The molecular formula is C18H16N12O3S. The van der Waals surface area contributed by atoms with Gasteiger partial charge in [-0.3, -0.25) is 9.89 Å². The van der Waals surface area contributed by atoms with Gasteiger partial charge in [0.1, 0.15) is 17.5 Å². The van der Waals surface area contributed by atoms with Crippen LogP contribution in [0.15, 0.2) is 56.6 Å². The number of aromatic nitrogens is 5. The van der Waals surface area contributed by atoms with Gasteiger partial charge in [-0.05, 0) is 36.8 Å². The highest BCUT2D eigenvalue weighted by Gasteiger charge is 2.19. The van der Waals surface area contributed by atoms with Gasteiger partial charge in [-0.25, -0.2) is 38.4 Å². The van der Waals surface area contributed by atoms with Crippen LogP contribution in [-0.4, -0.2) is 33.0 Å². The fourth-order valence-corrected chi connectivity index (χ4v) is 3.80. The highest BCUT2D eigenvalue weighted by Crippen LogP contribution is 2.26. The number of nitrogens with one attached hydrogen (secondary N) is 3. The molecule has 0 spiro atoms. The van der Waals surface area contributed by atoms with Crippen LogP contribution in [0.2, 0.25) is 0 Å². The van der Waals surface area contributed by atoms with Crippen LogP contribution >= 0.6 is 0 Å². The van der Waals surface area contributed by atoms with Gasteiger partial charge in [-0.1, -0.05) is 0 Å². The minimum Gasteiger partial charge on any atom is -0.382 e. The molecule has 0 fully saturated rings. The number of nitrogens with zero attached hydrogens (tertiary/aromatic N) is 7. The Morgan fingerprint density at radius 2 is 1.85 bits per heavy atom. The van der Waals surface area contributed by atoms with Crippen molar-refractivity contribution in [3.8, 4) is 6.07 Å². The van der Waals surface area contributed by atoms with E-state index in [1.165, 1.54) is 36.7 Å². The Bertz CT molecular complexity index is 1610. The molecule has 0 atom stereocenters. The number of rotatable bonds is 6. The number of aromatic amines is 1. The summed E-state index contributed by atoms with van der Waals surface area (Å²) >= 11 is 0. The minimum atomic E-state index is -3.93. The topological polar surface area (TPSA) is 235 Å². The third kappa shape index (κ3) is 4.11. The molecule has 3 heterocycles. The van der Waals surface area contributed by atoms with Crippen molar-refractivity contribution in [3.05, 3.63) is 58.1 Å². The number of nitrogen functional groups attached to an aromatic ring is 2. The zero-order chi connectivity index (χ0) is 24.5. The number of hydrogen-bond acceptors (Lipinski definition) is 12. The Kier molecular flexibility index (Phi) is 5.63. The number of aryl methyl sites for hydroxylation is 1. The van der Waals surface area contributed by atoms with Gasteiger partial charge >= 0.3 is 0 Å². The van der Waals surface area contributed by atoms with E-state index in [0.717, 1.165) is 10.1 Å². The van der Waals surface area contributed by atoms with Crippen LogP contribution < -0.4 is 27.3 Å². The fourth-order valence-electron chi connectivity index (χ4n) is 2.84. The number of H-pyrrole nitrogens is 1. The molecule has 0 aliphatic heterocycles. The van der Waals surface area contributed by atoms with E-state index >= 15 is 0 Å². The molecule has 16 heteroatoms. The summed E-state index contributed by atoms with van der Waals surface area (Å²) in [5.41, 5.74) is 8.17. The molecule has 34 heavy (non-hydrogen) atoms. The maximum Gasteiger partial charge on any atom is 0.294 e. The Morgan fingerprint density at radius 3 is 2.47 bits per heavy atom. The number of azo groups is 1. The van der Waals surface area contributed by atoms with E-state index in [4.69, 9.17) is 11.6 Å². The quantitative estimate of drug-likeness (QED) is 0.149. The molecule has 0 aliphatic rings. The summed E-state index contributed by atoms with van der Waals surface area (Å²) in [7, 11) is -3.93. The van der Waals surface area contributed by atoms with Gasteiger partial charge in [0.15, 0.2) is 17.2 Å². The van der Waals surface area contributed by atoms with E-state index in [0.29, 0.717) is 0 Å². The summed E-state index contributed by atoms with van der Waals surface area (Å²) in [6, 6.07) is 7.23. The van der Waals surface area contributed by atoms with Crippen molar-refractivity contribution >= 4 is 44.6 Å². The summed E-state index contributed by atoms with van der Waals surface area (Å²) in [5, 5.41) is 19.5. The Balaban J connectivity index is 1.62. The molecule has 1 aromatic carbocycles. The molecule has 0 saturated carbocycles. The van der Waals surface area contributed by atoms with E-state index in [-0.39, 0.29) is 45.1 Å². The lowest BCUT2D eigenvalue weighted by Crippen LogP contribution is -2.16. The summed E-state index contributed by atoms with van der Waals surface area (Å²) in [6.07, 6.45) is 2.97. The number of anilines is 3. The van der Waals surface area contributed by atoms with Gasteiger partial charge in [0, 0.05) is 12.4 Å². The van der Waals surface area contributed by atoms with Crippen LogP contribution in [0.1, 0.15) is 11.1 Å². The second-order valence-corrected chi connectivity index (χ2v) is 8.49. The maximum atomic E-state index is 12.5. The predicted octanol–water partition coefficient (Wildman–Crippen LogP) is 1.08. The van der Waals surface area contributed by atoms with Gasteiger partial charge in [-0.15, -0.1) is 5.11 Å². The zero-order valence-corrected chi connectivity index (χ0v) is 18.2. The van der Waals surface area contributed by atoms with Crippen molar-refractivity contribution < 1.29 is 8.42 Å². The predicted molar refractivity (Wildman–Crippen MR) is 121 cm³/mol. The standard InChI is InChI=1S/C18H16N12O3S/c1-9-7-22-18(23-8-9)29-34(32,33)11-4-2-10(3-5-11)26-27-13-16-24-14(20)12(6-19)15(25-21)30(16)28-17(13)31/h2-5,7-8,25H,21H2,1H3,(H2,20,24)(H,28,31)(H,22,23,29). The van der Waals surface area contributed by atoms with Crippen LogP contribution in [0, 0.1) is 18.3 Å². The lowest BCUT2D eigenvalue weighted by molar-refractivity contribution is 0.601. The molecule has 172 valence electrons. The SMILES string of the molecule is Cc1cnc(NS(=O)(=O)c2ccc(N=Nc3c(=O)[nH]n4c(NN)c(C#N)c(N)nc34)cc2)nc1. The summed E-state index contributed by atoms with van der Waals surface area (Å²) in [5.74, 6) is 5.24. The largest absolute Gasteiger partial charge is 0.382 e. The minimum absolute atomic E-state index is 0.0142. The number of fused-ring (bicyclic) bond motifs is 1. The Labute approximate surface area is 191 Å². The van der Waals surface area contributed by atoms with Crippen molar-refractivity contribution in [1.29, 1.82) is 5.26 Å². The second kappa shape index (κ2) is 8.57. The van der Waals surface area contributed by atoms with Crippen LogP contribution in [0.25, 0.3) is 5.65 Å². The van der Waals surface area contributed by atoms with Gasteiger partial charge in [0.05, 0.1) is 10.6 Å². The molecule has 4 rings (SSSR count). The van der Waals surface area contributed by atoms with Crippen molar-refractivity contribution in [2.75, 3.05) is 15.9 Å². The van der Waals surface area contributed by atoms with Gasteiger partial charge < -0.3 is 11.2 Å². The van der Waals surface area contributed by atoms with Gasteiger partial charge in [-0.2, -0.15) is 10.4 Å². The number of nitriles is 1. The normalized spacial score (nSPS) is 11.6. The smallest absolute Gasteiger partial charge is 0.294 e. The molecule has 3 aromatic heterocycles. The van der Waals surface area contributed by atoms with E-state index in [2.05, 4.69) is 40.4 Å². The average molecular weight is 480 g/mol. The third-order valence-corrected chi connectivity index (χ3v) is 5.81. The summed E-state index contributed by atoms with van der Waals surface area (Å²) in [4.78, 5) is 24.1. The highest BCUT2D eigenvalue weighted by atomic mass is 32.2. The average Bonchev–Trinajstić information content (AvgIpc) is 3.12. The molecule has 15 nitrogen and oxygen atoms in total. The zero-order valence-electron chi connectivity index (χ0n) is 17.4. The molecule has 4 aromatic rings. The van der Waals surface area contributed by atoms with Gasteiger partial charge in [0.2, 0.25) is 5.95 Å². The van der Waals surface area contributed by atoms with Crippen molar-refractivity contribution in [2.24, 2.45) is 16.1 Å². The first-order chi connectivity index (χ1) is 16.2. The monoisotopic (exact) mass is 480 g/mol. The Hall–Kier alpha value is -4.88. The van der Waals surface area contributed by atoms with Crippen molar-refractivity contribution in [3.63, 3.8) is 0 Å². The van der Waals surface area contributed by atoms with Crippen molar-refractivity contribution in [2.45, 2.75) is 11.8 Å². The Morgan fingerprint density at radius 1 is 1.18 bits per heavy atom. The van der Waals surface area contributed by atoms with Crippen LogP contribution in [-0.2, 0) is 10.0 Å². The van der Waals surface area contributed by atoms with Crippen LogP contribution in [0.3, 0.4) is 0 Å². The van der Waals surface area contributed by atoms with E-state index in [1.807, 2.05) is 6.07 Å². The third-order valence-electron chi connectivity index (χ3n) is 4.46. The first-order valence-electron chi connectivity index (χ1n) is 9.37. The van der Waals surface area contributed by atoms with Gasteiger partial charge in [0.25, 0.3) is 15.6 Å². The number of sulfonamides is 1. The first-order valence-corrected chi connectivity index (χ1v) is 10.9. The molecule has 0 radical (unpaired) electrons. The van der Waals surface area contributed by atoms with Crippen molar-refractivity contribution in [1.82, 2.24) is 24.6 Å². The molecular weight excluding hydrogens is 464 g/mol. The molecule has 0 bridgehead atoms. The lowest BCUT2D eigenvalue weighted by atomic mass is 10.3. The van der Waals surface area contributed by atoms with Crippen LogP contribution in [0.4, 0.5) is 29.0 Å². The van der Waals surface area contributed by atoms with E-state index in [9.17, 15) is 18.5 Å². The molecule has 7 N–H and O–H groups in total. The first kappa shape index (κ1) is 22.3. The molecule has 0 saturated heterocycles. The molecule has 0 amide bonds. The highest BCUT2D eigenvalue weighted by molar-refractivity contribution is 7.92. The number of hydrogen-bond donors (Lipinski definition) is 5. The van der Waals surface area contributed by atoms with E-state index < -0.39 is 15.6 Å².